The molecule has 0 aliphatic heterocycles. The van der Waals surface area contributed by atoms with Crippen molar-refractivity contribution in [2.24, 2.45) is 5.92 Å². The van der Waals surface area contributed by atoms with Crippen LogP contribution in [0.25, 0.3) is 16.2 Å². The molecule has 1 N–H and O–H groups in total. The van der Waals surface area contributed by atoms with Crippen LogP contribution in [-0.4, -0.2) is 20.5 Å². The molecule has 1 aliphatic carbocycles. The molecule has 1 aromatic carbocycles. The molecule has 1 amide bonds. The molecule has 3 aromatic rings. The summed E-state index contributed by atoms with van der Waals surface area (Å²) in [5, 5.41) is 9.16. The third-order valence-corrected chi connectivity index (χ3v) is 5.25. The van der Waals surface area contributed by atoms with E-state index in [-0.39, 0.29) is 17.6 Å². The fraction of sp³-hybridized carbons (Fsp3) is 0.353. The normalized spacial score (nSPS) is 15.7. The highest BCUT2D eigenvalue weighted by Crippen LogP contribution is 2.27. The number of hydrogen-bond donors (Lipinski definition) is 1. The Morgan fingerprint density at radius 3 is 2.71 bits per heavy atom. The highest BCUT2D eigenvalue weighted by molar-refractivity contribution is 7.15. The Bertz CT molecular complexity index is 864. The van der Waals surface area contributed by atoms with Gasteiger partial charge >= 0.3 is 0 Å². The van der Waals surface area contributed by atoms with Crippen LogP contribution in [-0.2, 0) is 4.79 Å². The molecule has 5 nitrogen and oxygen atoms in total. The molecule has 0 saturated heterocycles. The first-order chi connectivity index (χ1) is 11.7. The van der Waals surface area contributed by atoms with Crippen molar-refractivity contribution in [1.82, 2.24) is 14.6 Å². The Labute approximate surface area is 142 Å². The molecule has 1 saturated carbocycles. The zero-order valence-corrected chi connectivity index (χ0v) is 13.9. The highest BCUT2D eigenvalue weighted by Gasteiger charge is 2.22. The van der Waals surface area contributed by atoms with Gasteiger partial charge in [0.1, 0.15) is 5.82 Å². The minimum absolute atomic E-state index is 0.0104. The SMILES string of the molecule is O=C(Nc1nc2scc(-c3ccc(F)cc3)n2n1)C1CCCCC1. The second-order valence-electron chi connectivity index (χ2n) is 6.08. The third-order valence-electron chi connectivity index (χ3n) is 4.43. The summed E-state index contributed by atoms with van der Waals surface area (Å²) in [5.74, 6) is 0.137. The first-order valence-electron chi connectivity index (χ1n) is 8.12. The summed E-state index contributed by atoms with van der Waals surface area (Å²) < 4.78 is 14.8. The van der Waals surface area contributed by atoms with Gasteiger partial charge < -0.3 is 0 Å². The van der Waals surface area contributed by atoms with Gasteiger partial charge in [-0.1, -0.05) is 19.3 Å². The van der Waals surface area contributed by atoms with E-state index in [2.05, 4.69) is 15.4 Å². The van der Waals surface area contributed by atoms with Gasteiger partial charge in [0, 0.05) is 16.9 Å². The molecule has 0 atom stereocenters. The average Bonchev–Trinajstić information content (AvgIpc) is 3.16. The summed E-state index contributed by atoms with van der Waals surface area (Å²) in [6.07, 6.45) is 5.31. The predicted molar refractivity (Wildman–Crippen MR) is 91.5 cm³/mol. The number of benzene rings is 1. The molecule has 0 unspecified atom stereocenters. The van der Waals surface area contributed by atoms with Gasteiger partial charge in [0.25, 0.3) is 0 Å². The molecule has 7 heteroatoms. The van der Waals surface area contributed by atoms with Gasteiger partial charge in [-0.05, 0) is 37.1 Å². The number of nitrogens with one attached hydrogen (secondary N) is 1. The van der Waals surface area contributed by atoms with Gasteiger partial charge in [-0.3, -0.25) is 10.1 Å². The molecular weight excluding hydrogens is 327 g/mol. The van der Waals surface area contributed by atoms with E-state index in [4.69, 9.17) is 0 Å². The minimum atomic E-state index is -0.274. The number of fused-ring (bicyclic) bond motifs is 1. The van der Waals surface area contributed by atoms with Crippen LogP contribution in [0, 0.1) is 11.7 Å². The van der Waals surface area contributed by atoms with E-state index in [1.807, 2.05) is 5.38 Å². The molecule has 0 radical (unpaired) electrons. The number of halogens is 1. The number of nitrogens with zero attached hydrogens (tertiary/aromatic N) is 3. The second kappa shape index (κ2) is 6.32. The maximum absolute atomic E-state index is 13.1. The number of rotatable bonds is 3. The van der Waals surface area contributed by atoms with Crippen molar-refractivity contribution in [2.75, 3.05) is 5.32 Å². The summed E-state index contributed by atoms with van der Waals surface area (Å²) in [6.45, 7) is 0. The minimum Gasteiger partial charge on any atom is -0.293 e. The van der Waals surface area contributed by atoms with Crippen LogP contribution in [0.4, 0.5) is 10.3 Å². The Kier molecular flexibility index (Phi) is 4.02. The van der Waals surface area contributed by atoms with Crippen molar-refractivity contribution in [2.45, 2.75) is 32.1 Å². The van der Waals surface area contributed by atoms with Crippen LogP contribution in [0.3, 0.4) is 0 Å². The predicted octanol–water partition coefficient (Wildman–Crippen LogP) is 4.12. The van der Waals surface area contributed by atoms with Gasteiger partial charge in [0.2, 0.25) is 16.8 Å². The largest absolute Gasteiger partial charge is 0.293 e. The molecule has 4 rings (SSSR count). The van der Waals surface area contributed by atoms with Crippen LogP contribution in [0.15, 0.2) is 29.6 Å². The number of hydrogen-bond acceptors (Lipinski definition) is 4. The van der Waals surface area contributed by atoms with Crippen molar-refractivity contribution in [3.8, 4) is 11.3 Å². The van der Waals surface area contributed by atoms with Crippen LogP contribution < -0.4 is 5.32 Å². The van der Waals surface area contributed by atoms with E-state index in [1.54, 1.807) is 16.6 Å². The van der Waals surface area contributed by atoms with Crippen molar-refractivity contribution in [3.05, 3.63) is 35.5 Å². The van der Waals surface area contributed by atoms with Crippen LogP contribution in [0.2, 0.25) is 0 Å². The molecule has 124 valence electrons. The van der Waals surface area contributed by atoms with Crippen molar-refractivity contribution >= 4 is 28.2 Å². The zero-order chi connectivity index (χ0) is 16.5. The van der Waals surface area contributed by atoms with Gasteiger partial charge in [0.15, 0.2) is 0 Å². The van der Waals surface area contributed by atoms with Gasteiger partial charge in [-0.25, -0.2) is 8.91 Å². The number of amides is 1. The van der Waals surface area contributed by atoms with E-state index >= 15 is 0 Å². The Hall–Kier alpha value is -2.28. The fourth-order valence-electron chi connectivity index (χ4n) is 3.13. The standard InChI is InChI=1S/C17H17FN4OS/c18-13-8-6-11(7-9-13)14-10-24-17-20-16(21-22(14)17)19-15(23)12-4-2-1-3-5-12/h6-10,12H,1-5H2,(H,19,21,23). The summed E-state index contributed by atoms with van der Waals surface area (Å²) in [6, 6.07) is 6.25. The van der Waals surface area contributed by atoms with Crippen LogP contribution in [0.1, 0.15) is 32.1 Å². The lowest BCUT2D eigenvalue weighted by Gasteiger charge is -2.19. The quantitative estimate of drug-likeness (QED) is 0.778. The summed E-state index contributed by atoms with van der Waals surface area (Å²) in [7, 11) is 0. The number of aromatic nitrogens is 3. The zero-order valence-electron chi connectivity index (χ0n) is 13.0. The monoisotopic (exact) mass is 344 g/mol. The summed E-state index contributed by atoms with van der Waals surface area (Å²) in [4.78, 5) is 17.4. The molecule has 1 aliphatic rings. The number of carbonyl (C=O) groups is 1. The molecule has 2 aromatic heterocycles. The fourth-order valence-corrected chi connectivity index (χ4v) is 3.96. The van der Waals surface area contributed by atoms with Crippen molar-refractivity contribution < 1.29 is 9.18 Å². The number of carbonyl (C=O) groups excluding carboxylic acids is 1. The maximum atomic E-state index is 13.1. The van der Waals surface area contributed by atoms with E-state index in [9.17, 15) is 9.18 Å². The molecule has 24 heavy (non-hydrogen) atoms. The summed E-state index contributed by atoms with van der Waals surface area (Å²) in [5.41, 5.74) is 1.69. The first kappa shape index (κ1) is 15.3. The second-order valence-corrected chi connectivity index (χ2v) is 6.92. The van der Waals surface area contributed by atoms with Crippen molar-refractivity contribution in [1.29, 1.82) is 0 Å². The topological polar surface area (TPSA) is 59.3 Å². The first-order valence-corrected chi connectivity index (χ1v) is 9.00. The Balaban J connectivity index is 1.57. The lowest BCUT2D eigenvalue weighted by atomic mass is 9.89. The van der Waals surface area contributed by atoms with Crippen molar-refractivity contribution in [3.63, 3.8) is 0 Å². The lowest BCUT2D eigenvalue weighted by Crippen LogP contribution is -2.25. The third kappa shape index (κ3) is 2.91. The number of anilines is 1. The summed E-state index contributed by atoms with van der Waals surface area (Å²) >= 11 is 1.44. The van der Waals surface area contributed by atoms with Gasteiger partial charge in [-0.2, -0.15) is 4.98 Å². The lowest BCUT2D eigenvalue weighted by molar-refractivity contribution is -0.120. The highest BCUT2D eigenvalue weighted by atomic mass is 32.1. The van der Waals surface area contributed by atoms with Gasteiger partial charge in [0.05, 0.1) is 5.69 Å². The molecule has 0 bridgehead atoms. The van der Waals surface area contributed by atoms with E-state index < -0.39 is 0 Å². The molecular formula is C17H17FN4OS. The molecule has 0 spiro atoms. The Morgan fingerprint density at radius 1 is 1.21 bits per heavy atom. The maximum Gasteiger partial charge on any atom is 0.250 e. The van der Waals surface area contributed by atoms with E-state index in [1.165, 1.54) is 29.9 Å². The molecule has 2 heterocycles. The molecule has 1 fully saturated rings. The Morgan fingerprint density at radius 2 is 1.96 bits per heavy atom. The van der Waals surface area contributed by atoms with E-state index in [0.29, 0.717) is 10.9 Å². The van der Waals surface area contributed by atoms with E-state index in [0.717, 1.165) is 36.9 Å². The average molecular weight is 344 g/mol. The smallest absolute Gasteiger partial charge is 0.250 e. The van der Waals surface area contributed by atoms with Gasteiger partial charge in [-0.15, -0.1) is 16.4 Å². The van der Waals surface area contributed by atoms with Crippen LogP contribution in [0.5, 0.6) is 0 Å². The van der Waals surface area contributed by atoms with Crippen LogP contribution >= 0.6 is 11.3 Å². The number of thiazole rings is 1.